The van der Waals surface area contributed by atoms with E-state index >= 15 is 0 Å². The molecule has 0 aliphatic rings. The molecule has 0 saturated carbocycles. The molecule has 0 aromatic carbocycles. The summed E-state index contributed by atoms with van der Waals surface area (Å²) in [4.78, 5) is 19.8. The van der Waals surface area contributed by atoms with E-state index in [9.17, 15) is 9.18 Å². The second kappa shape index (κ2) is 9.33. The van der Waals surface area contributed by atoms with Gasteiger partial charge in [0.05, 0.1) is 18.7 Å². The summed E-state index contributed by atoms with van der Waals surface area (Å²) < 4.78 is 23.4. The molecule has 1 heterocycles. The van der Waals surface area contributed by atoms with Gasteiger partial charge in [-0.25, -0.2) is 19.2 Å². The molecule has 146 valence electrons. The number of halogens is 1. The molecule has 4 N–H and O–H groups in total. The number of nitrogens with zero attached hydrogens (tertiary/aromatic N) is 2. The molecule has 0 fully saturated rings. The third-order valence-corrected chi connectivity index (χ3v) is 2.77. The SMILES string of the molecule is CC(C)(N)CNc1ncc(OC/C(=C/F)CNC(=O)OC(C)(C)C)cn1. The minimum atomic E-state index is -0.626. The average molecular weight is 369 g/mol. The molecule has 26 heavy (non-hydrogen) atoms. The molecule has 0 spiro atoms. The highest BCUT2D eigenvalue weighted by Crippen LogP contribution is 2.11. The van der Waals surface area contributed by atoms with Crippen molar-refractivity contribution < 1.29 is 18.7 Å². The van der Waals surface area contributed by atoms with Crippen LogP contribution in [0.25, 0.3) is 0 Å². The first-order valence-electron chi connectivity index (χ1n) is 8.21. The Labute approximate surface area is 153 Å². The Bertz CT molecular complexity index is 606. The van der Waals surface area contributed by atoms with E-state index in [4.69, 9.17) is 15.2 Å². The van der Waals surface area contributed by atoms with Gasteiger partial charge in [0.2, 0.25) is 5.95 Å². The van der Waals surface area contributed by atoms with Crippen molar-refractivity contribution in [2.45, 2.75) is 45.8 Å². The zero-order valence-corrected chi connectivity index (χ0v) is 15.9. The van der Waals surface area contributed by atoms with Crippen LogP contribution in [0.5, 0.6) is 5.75 Å². The van der Waals surface area contributed by atoms with Gasteiger partial charge >= 0.3 is 6.09 Å². The molecule has 1 rings (SSSR count). The van der Waals surface area contributed by atoms with Crippen LogP contribution in [0.3, 0.4) is 0 Å². The van der Waals surface area contributed by atoms with Crippen LogP contribution in [0.2, 0.25) is 0 Å². The van der Waals surface area contributed by atoms with Gasteiger partial charge in [-0.2, -0.15) is 0 Å². The fourth-order valence-corrected chi connectivity index (χ4v) is 1.59. The summed E-state index contributed by atoms with van der Waals surface area (Å²) in [5.74, 6) is 0.794. The van der Waals surface area contributed by atoms with Crippen molar-refractivity contribution in [1.29, 1.82) is 0 Å². The van der Waals surface area contributed by atoms with Crippen LogP contribution < -0.4 is 21.1 Å². The van der Waals surface area contributed by atoms with E-state index in [1.807, 2.05) is 13.8 Å². The van der Waals surface area contributed by atoms with Gasteiger partial charge in [-0.15, -0.1) is 0 Å². The number of nitrogens with two attached hydrogens (primary N) is 1. The highest BCUT2D eigenvalue weighted by molar-refractivity contribution is 5.68. The molecule has 1 aromatic rings. The van der Waals surface area contributed by atoms with E-state index in [0.717, 1.165) is 0 Å². The van der Waals surface area contributed by atoms with Gasteiger partial charge in [0.25, 0.3) is 0 Å². The molecule has 0 aliphatic heterocycles. The van der Waals surface area contributed by atoms with Crippen molar-refractivity contribution >= 4 is 12.0 Å². The van der Waals surface area contributed by atoms with Crippen LogP contribution in [0.4, 0.5) is 15.1 Å². The Hall–Kier alpha value is -2.42. The number of amides is 1. The van der Waals surface area contributed by atoms with E-state index in [2.05, 4.69) is 20.6 Å². The van der Waals surface area contributed by atoms with E-state index in [1.54, 1.807) is 20.8 Å². The Morgan fingerprint density at radius 3 is 2.38 bits per heavy atom. The molecule has 0 aliphatic carbocycles. The van der Waals surface area contributed by atoms with Crippen LogP contribution in [-0.4, -0.2) is 46.9 Å². The third-order valence-electron chi connectivity index (χ3n) is 2.77. The molecule has 1 aromatic heterocycles. The molecule has 8 nitrogen and oxygen atoms in total. The van der Waals surface area contributed by atoms with Crippen molar-refractivity contribution in [3.05, 3.63) is 24.3 Å². The molecule has 0 atom stereocenters. The summed E-state index contributed by atoms with van der Waals surface area (Å²) in [5, 5.41) is 5.47. The molecule has 0 unspecified atom stereocenters. The fraction of sp³-hybridized carbons (Fsp3) is 0.588. The van der Waals surface area contributed by atoms with Crippen molar-refractivity contribution in [2.75, 3.05) is 25.0 Å². The summed E-state index contributed by atoms with van der Waals surface area (Å²) >= 11 is 0. The predicted molar refractivity (Wildman–Crippen MR) is 97.7 cm³/mol. The maximum atomic E-state index is 12.9. The summed E-state index contributed by atoms with van der Waals surface area (Å²) in [7, 11) is 0. The van der Waals surface area contributed by atoms with Gasteiger partial charge < -0.3 is 25.8 Å². The number of carbonyl (C=O) groups excluding carboxylic acids is 1. The maximum Gasteiger partial charge on any atom is 0.407 e. The minimum absolute atomic E-state index is 0.0303. The smallest absolute Gasteiger partial charge is 0.407 e. The summed E-state index contributed by atoms with van der Waals surface area (Å²) in [6, 6.07) is 0. The second-order valence-electron chi connectivity index (χ2n) is 7.50. The molecule has 9 heteroatoms. The van der Waals surface area contributed by atoms with E-state index < -0.39 is 11.7 Å². The zero-order chi connectivity index (χ0) is 19.8. The predicted octanol–water partition coefficient (Wildman–Crippen LogP) is 2.38. The van der Waals surface area contributed by atoms with E-state index in [1.165, 1.54) is 12.4 Å². The fourth-order valence-electron chi connectivity index (χ4n) is 1.59. The number of ether oxygens (including phenoxy) is 2. The number of rotatable bonds is 8. The first kappa shape index (κ1) is 21.6. The number of nitrogens with one attached hydrogen (secondary N) is 2. The first-order valence-corrected chi connectivity index (χ1v) is 8.21. The standard InChI is InChI=1S/C17H28FN5O3/c1-16(2,3)26-15(24)22-7-12(6-18)10-25-13-8-20-14(21-9-13)23-11-17(4,5)19/h6,8-9H,7,10-11,19H2,1-5H3,(H,22,24)(H,20,21,23)/b12-6+. The van der Waals surface area contributed by atoms with Crippen LogP contribution in [0, 0.1) is 0 Å². The number of carbonyl (C=O) groups is 1. The van der Waals surface area contributed by atoms with Gasteiger partial charge in [-0.05, 0) is 34.6 Å². The van der Waals surface area contributed by atoms with Gasteiger partial charge in [-0.3, -0.25) is 0 Å². The Balaban J connectivity index is 2.43. The lowest BCUT2D eigenvalue weighted by Gasteiger charge is -2.20. The van der Waals surface area contributed by atoms with Crippen LogP contribution >= 0.6 is 0 Å². The number of hydrogen-bond acceptors (Lipinski definition) is 7. The van der Waals surface area contributed by atoms with E-state index in [0.29, 0.717) is 24.6 Å². The lowest BCUT2D eigenvalue weighted by atomic mass is 10.1. The highest BCUT2D eigenvalue weighted by atomic mass is 19.1. The van der Waals surface area contributed by atoms with Crippen LogP contribution in [0.1, 0.15) is 34.6 Å². The van der Waals surface area contributed by atoms with E-state index in [-0.39, 0.29) is 24.3 Å². The van der Waals surface area contributed by atoms with Gasteiger partial charge in [0, 0.05) is 24.2 Å². The van der Waals surface area contributed by atoms with Crippen molar-refractivity contribution in [3.8, 4) is 5.75 Å². The average Bonchev–Trinajstić information content (AvgIpc) is 2.51. The third kappa shape index (κ3) is 9.77. The van der Waals surface area contributed by atoms with Gasteiger partial charge in [-0.1, -0.05) is 0 Å². The van der Waals surface area contributed by atoms with Crippen molar-refractivity contribution in [2.24, 2.45) is 5.73 Å². The minimum Gasteiger partial charge on any atom is -0.486 e. The topological polar surface area (TPSA) is 111 Å². The van der Waals surface area contributed by atoms with Gasteiger partial charge in [0.1, 0.15) is 12.2 Å². The number of anilines is 1. The monoisotopic (exact) mass is 369 g/mol. The maximum absolute atomic E-state index is 12.9. The summed E-state index contributed by atoms with van der Waals surface area (Å²) in [6.07, 6.45) is 2.70. The Morgan fingerprint density at radius 2 is 1.88 bits per heavy atom. The molecular formula is C17H28FN5O3. The molecule has 1 amide bonds. The largest absolute Gasteiger partial charge is 0.486 e. The Kier molecular flexibility index (Phi) is 7.76. The normalized spacial score (nSPS) is 12.5. The summed E-state index contributed by atoms with van der Waals surface area (Å²) in [6.45, 7) is 9.42. The highest BCUT2D eigenvalue weighted by Gasteiger charge is 2.16. The second-order valence-corrected chi connectivity index (χ2v) is 7.50. The van der Waals surface area contributed by atoms with Crippen LogP contribution in [0.15, 0.2) is 24.3 Å². The first-order chi connectivity index (χ1) is 12.0. The van der Waals surface area contributed by atoms with Gasteiger partial charge in [0.15, 0.2) is 5.75 Å². The quantitative estimate of drug-likeness (QED) is 0.645. The number of alkyl carbamates (subject to hydrolysis) is 1. The molecular weight excluding hydrogens is 341 g/mol. The zero-order valence-electron chi connectivity index (χ0n) is 15.9. The van der Waals surface area contributed by atoms with Crippen molar-refractivity contribution in [3.63, 3.8) is 0 Å². The lowest BCUT2D eigenvalue weighted by Crippen LogP contribution is -2.39. The number of aromatic nitrogens is 2. The Morgan fingerprint density at radius 1 is 1.27 bits per heavy atom. The number of hydrogen-bond donors (Lipinski definition) is 3. The van der Waals surface area contributed by atoms with Crippen molar-refractivity contribution in [1.82, 2.24) is 15.3 Å². The molecule has 0 saturated heterocycles. The molecule has 0 radical (unpaired) electrons. The molecule has 0 bridgehead atoms. The summed E-state index contributed by atoms with van der Waals surface area (Å²) in [5.41, 5.74) is 5.10. The lowest BCUT2D eigenvalue weighted by molar-refractivity contribution is 0.0531. The van der Waals surface area contributed by atoms with Crippen LogP contribution in [-0.2, 0) is 4.74 Å².